The van der Waals surface area contributed by atoms with Crippen molar-refractivity contribution in [3.63, 3.8) is 0 Å². The van der Waals surface area contributed by atoms with Crippen molar-refractivity contribution < 1.29 is 19.4 Å². The number of hydrogen-bond acceptors (Lipinski definition) is 4. The van der Waals surface area contributed by atoms with Crippen LogP contribution in [-0.4, -0.2) is 31.4 Å². The van der Waals surface area contributed by atoms with E-state index in [1.54, 1.807) is 7.11 Å². The van der Waals surface area contributed by atoms with Gasteiger partial charge in [-0.15, -0.1) is 11.3 Å². The van der Waals surface area contributed by atoms with E-state index in [0.29, 0.717) is 18.1 Å². The Hall–Kier alpha value is -1.85. The Labute approximate surface area is 121 Å². The van der Waals surface area contributed by atoms with Gasteiger partial charge in [0, 0.05) is 7.11 Å². The molecule has 0 bridgehead atoms. The van der Waals surface area contributed by atoms with Crippen LogP contribution < -0.4 is 4.74 Å². The summed E-state index contributed by atoms with van der Waals surface area (Å²) in [7, 11) is 1.63. The van der Waals surface area contributed by atoms with E-state index in [1.807, 2.05) is 36.6 Å². The summed E-state index contributed by atoms with van der Waals surface area (Å²) in [4.78, 5) is 11.5. The molecule has 20 heavy (non-hydrogen) atoms. The molecular formula is C15H16O4S. The van der Waals surface area contributed by atoms with Gasteiger partial charge in [-0.1, -0.05) is 12.1 Å². The van der Waals surface area contributed by atoms with Crippen LogP contribution in [0.15, 0.2) is 29.6 Å². The van der Waals surface area contributed by atoms with Gasteiger partial charge >= 0.3 is 5.97 Å². The molecule has 2 aromatic rings. The first-order valence-corrected chi connectivity index (χ1v) is 7.05. The Morgan fingerprint density at radius 3 is 2.80 bits per heavy atom. The third kappa shape index (κ3) is 3.18. The van der Waals surface area contributed by atoms with Crippen molar-refractivity contribution in [3.8, 4) is 16.9 Å². The Morgan fingerprint density at radius 1 is 1.35 bits per heavy atom. The second kappa shape index (κ2) is 6.54. The number of carboxylic acid groups (broad SMARTS) is 1. The summed E-state index contributed by atoms with van der Waals surface area (Å²) in [6.45, 7) is 2.85. The van der Waals surface area contributed by atoms with Crippen LogP contribution in [-0.2, 0) is 4.74 Å². The molecule has 0 aliphatic carbocycles. The molecule has 4 nitrogen and oxygen atoms in total. The fourth-order valence-corrected chi connectivity index (χ4v) is 2.84. The predicted molar refractivity (Wildman–Crippen MR) is 78.8 cm³/mol. The average Bonchev–Trinajstić information content (AvgIpc) is 2.81. The topological polar surface area (TPSA) is 55.8 Å². The summed E-state index contributed by atoms with van der Waals surface area (Å²) in [6, 6.07) is 7.63. The summed E-state index contributed by atoms with van der Waals surface area (Å²) >= 11 is 1.25. The fourth-order valence-electron chi connectivity index (χ4n) is 1.91. The van der Waals surface area contributed by atoms with Gasteiger partial charge in [-0.3, -0.25) is 0 Å². The molecule has 1 aromatic carbocycles. The summed E-state index contributed by atoms with van der Waals surface area (Å²) in [6.07, 6.45) is 0. The maximum atomic E-state index is 11.1. The lowest BCUT2D eigenvalue weighted by molar-refractivity contribution is 0.0701. The molecule has 2 rings (SSSR count). The first-order chi connectivity index (χ1) is 9.63. The largest absolute Gasteiger partial charge is 0.491 e. The van der Waals surface area contributed by atoms with Crippen LogP contribution in [0.2, 0.25) is 0 Å². The van der Waals surface area contributed by atoms with Crippen LogP contribution in [0, 0.1) is 6.92 Å². The molecule has 0 saturated carbocycles. The van der Waals surface area contributed by atoms with Gasteiger partial charge in [-0.05, 0) is 41.1 Å². The predicted octanol–water partition coefficient (Wildman–Crippen LogP) is 3.45. The van der Waals surface area contributed by atoms with E-state index in [-0.39, 0.29) is 0 Å². The highest BCUT2D eigenvalue weighted by molar-refractivity contribution is 7.12. The van der Waals surface area contributed by atoms with Crippen molar-refractivity contribution in [3.05, 3.63) is 40.1 Å². The third-order valence-corrected chi connectivity index (χ3v) is 4.00. The molecule has 0 atom stereocenters. The molecule has 0 aliphatic heterocycles. The Bertz CT molecular complexity index is 604. The molecule has 0 radical (unpaired) electrons. The monoisotopic (exact) mass is 292 g/mol. The van der Waals surface area contributed by atoms with Crippen LogP contribution in [0.1, 0.15) is 15.2 Å². The number of hydrogen-bond donors (Lipinski definition) is 1. The molecule has 5 heteroatoms. The molecule has 0 unspecified atom stereocenters. The van der Waals surface area contributed by atoms with E-state index in [0.717, 1.165) is 22.4 Å². The Morgan fingerprint density at radius 2 is 2.15 bits per heavy atom. The van der Waals surface area contributed by atoms with Crippen molar-refractivity contribution in [1.29, 1.82) is 0 Å². The van der Waals surface area contributed by atoms with E-state index >= 15 is 0 Å². The van der Waals surface area contributed by atoms with Gasteiger partial charge in [0.2, 0.25) is 0 Å². The van der Waals surface area contributed by atoms with Crippen LogP contribution in [0.25, 0.3) is 11.1 Å². The van der Waals surface area contributed by atoms with Crippen molar-refractivity contribution in [2.45, 2.75) is 6.92 Å². The smallest absolute Gasteiger partial charge is 0.346 e. The van der Waals surface area contributed by atoms with Crippen molar-refractivity contribution in [2.75, 3.05) is 20.3 Å². The molecule has 106 valence electrons. The molecule has 1 aromatic heterocycles. The fraction of sp³-hybridized carbons (Fsp3) is 0.267. The highest BCUT2D eigenvalue weighted by Gasteiger charge is 2.14. The van der Waals surface area contributed by atoms with Gasteiger partial charge in [-0.2, -0.15) is 0 Å². The number of carbonyl (C=O) groups is 1. The molecule has 1 N–H and O–H groups in total. The second-order valence-corrected chi connectivity index (χ2v) is 5.16. The minimum atomic E-state index is -0.883. The van der Waals surface area contributed by atoms with E-state index in [9.17, 15) is 4.79 Å². The minimum Gasteiger partial charge on any atom is -0.491 e. The number of ether oxygens (including phenoxy) is 2. The minimum absolute atomic E-state index is 0.380. The lowest BCUT2D eigenvalue weighted by Gasteiger charge is -2.07. The van der Waals surface area contributed by atoms with Gasteiger partial charge in [0.1, 0.15) is 17.2 Å². The number of aromatic carboxylic acids is 1. The molecule has 0 amide bonds. The number of thiophene rings is 1. The van der Waals surface area contributed by atoms with Crippen LogP contribution in [0.4, 0.5) is 0 Å². The molecule has 0 saturated heterocycles. The Kier molecular flexibility index (Phi) is 4.76. The number of methoxy groups -OCH3 is 1. The number of carboxylic acids is 1. The number of benzene rings is 1. The van der Waals surface area contributed by atoms with Crippen molar-refractivity contribution in [2.24, 2.45) is 0 Å². The van der Waals surface area contributed by atoms with Crippen molar-refractivity contribution in [1.82, 2.24) is 0 Å². The maximum Gasteiger partial charge on any atom is 0.346 e. The lowest BCUT2D eigenvalue weighted by atomic mass is 10.0. The molecule has 0 aliphatic rings. The van der Waals surface area contributed by atoms with E-state index in [2.05, 4.69) is 0 Å². The van der Waals surface area contributed by atoms with E-state index < -0.39 is 5.97 Å². The molecular weight excluding hydrogens is 276 g/mol. The third-order valence-electron chi connectivity index (χ3n) is 2.93. The van der Waals surface area contributed by atoms with Gasteiger partial charge in [-0.25, -0.2) is 4.79 Å². The summed E-state index contributed by atoms with van der Waals surface area (Å²) in [5.41, 5.74) is 2.68. The highest BCUT2D eigenvalue weighted by atomic mass is 32.1. The van der Waals surface area contributed by atoms with Gasteiger partial charge in [0.25, 0.3) is 0 Å². The second-order valence-electron chi connectivity index (χ2n) is 4.28. The van der Waals surface area contributed by atoms with Gasteiger partial charge < -0.3 is 14.6 Å². The summed E-state index contributed by atoms with van der Waals surface area (Å²) in [5.74, 6) is -0.131. The van der Waals surface area contributed by atoms with E-state index in [4.69, 9.17) is 14.6 Å². The molecule has 1 heterocycles. The zero-order chi connectivity index (χ0) is 14.5. The Balaban J connectivity index is 2.24. The average molecular weight is 292 g/mol. The van der Waals surface area contributed by atoms with Crippen LogP contribution >= 0.6 is 11.3 Å². The normalized spacial score (nSPS) is 10.5. The quantitative estimate of drug-likeness (QED) is 0.829. The SMILES string of the molecule is COCCOc1cccc(-c2csc(C(=O)O)c2C)c1. The lowest BCUT2D eigenvalue weighted by Crippen LogP contribution is -2.04. The summed E-state index contributed by atoms with van der Waals surface area (Å²) in [5, 5.41) is 11.0. The number of rotatable bonds is 6. The molecule has 0 fully saturated rings. The zero-order valence-corrected chi connectivity index (χ0v) is 12.2. The highest BCUT2D eigenvalue weighted by Crippen LogP contribution is 2.32. The van der Waals surface area contributed by atoms with Gasteiger partial charge in [0.05, 0.1) is 6.61 Å². The zero-order valence-electron chi connectivity index (χ0n) is 11.4. The molecule has 0 spiro atoms. The van der Waals surface area contributed by atoms with E-state index in [1.165, 1.54) is 11.3 Å². The van der Waals surface area contributed by atoms with Crippen molar-refractivity contribution >= 4 is 17.3 Å². The summed E-state index contributed by atoms with van der Waals surface area (Å²) < 4.78 is 10.5. The first kappa shape index (κ1) is 14.6. The van der Waals surface area contributed by atoms with Gasteiger partial charge in [0.15, 0.2) is 0 Å². The standard InChI is InChI=1S/C15H16O4S/c1-10-13(9-20-14(10)15(16)17)11-4-3-5-12(8-11)19-7-6-18-2/h3-5,8-9H,6-7H2,1-2H3,(H,16,17). The van der Waals surface area contributed by atoms with Crippen LogP contribution in [0.5, 0.6) is 5.75 Å². The van der Waals surface area contributed by atoms with Crippen LogP contribution in [0.3, 0.4) is 0 Å². The first-order valence-electron chi connectivity index (χ1n) is 6.17. The maximum absolute atomic E-state index is 11.1.